The third-order valence-corrected chi connectivity index (χ3v) is 5.07. The van der Waals surface area contributed by atoms with Gasteiger partial charge < -0.3 is 9.47 Å². The molecule has 0 bridgehead atoms. The van der Waals surface area contributed by atoms with E-state index < -0.39 is 5.60 Å². The summed E-state index contributed by atoms with van der Waals surface area (Å²) in [5, 5.41) is 0. The highest BCUT2D eigenvalue weighted by Gasteiger charge is 2.51. The van der Waals surface area contributed by atoms with Crippen LogP contribution in [0.1, 0.15) is 46.8 Å². The topological polar surface area (TPSA) is 35.5 Å². The Morgan fingerprint density at radius 1 is 1.16 bits per heavy atom. The average molecular weight is 334 g/mol. The molecule has 1 fully saturated rings. The second-order valence-corrected chi connectivity index (χ2v) is 6.90. The van der Waals surface area contributed by atoms with Crippen molar-refractivity contribution in [2.45, 2.75) is 31.5 Å². The Kier molecular flexibility index (Phi) is 4.06. The first-order valence-corrected chi connectivity index (χ1v) is 8.78. The van der Waals surface area contributed by atoms with Crippen LogP contribution in [0.15, 0.2) is 60.7 Å². The molecule has 2 aromatic carbocycles. The summed E-state index contributed by atoms with van der Waals surface area (Å²) in [5.74, 6) is 0.0544. The zero-order valence-corrected chi connectivity index (χ0v) is 14.5. The second kappa shape index (κ2) is 6.25. The number of carbonyl (C=O) groups excluding carboxylic acids is 1. The standard InChI is InChI=1S/C22H22O3/c1-15(2)14-25-22(20-12-7-13-24-20)18-10-5-3-8-16(18)21(23)17-9-4-6-11-19(17)22/h3-6,8-11,20H,1,7,12-14H2,2H3. The van der Waals surface area contributed by atoms with E-state index in [2.05, 4.69) is 6.58 Å². The van der Waals surface area contributed by atoms with E-state index in [1.165, 1.54) is 0 Å². The monoisotopic (exact) mass is 334 g/mol. The number of ether oxygens (including phenoxy) is 2. The van der Waals surface area contributed by atoms with Crippen LogP contribution < -0.4 is 0 Å². The third-order valence-electron chi connectivity index (χ3n) is 5.07. The molecule has 0 N–H and O–H groups in total. The van der Waals surface area contributed by atoms with Crippen molar-refractivity contribution < 1.29 is 14.3 Å². The smallest absolute Gasteiger partial charge is 0.193 e. The Balaban J connectivity index is 1.99. The van der Waals surface area contributed by atoms with Gasteiger partial charge in [-0.25, -0.2) is 0 Å². The van der Waals surface area contributed by atoms with Gasteiger partial charge >= 0.3 is 0 Å². The summed E-state index contributed by atoms with van der Waals surface area (Å²) in [6.45, 7) is 7.10. The summed E-state index contributed by atoms with van der Waals surface area (Å²) in [4.78, 5) is 13.0. The lowest BCUT2D eigenvalue weighted by atomic mass is 9.70. The predicted octanol–water partition coefficient (Wildman–Crippen LogP) is 4.25. The van der Waals surface area contributed by atoms with Gasteiger partial charge in [0.25, 0.3) is 0 Å². The van der Waals surface area contributed by atoms with Crippen molar-refractivity contribution in [1.29, 1.82) is 0 Å². The molecular formula is C22H22O3. The van der Waals surface area contributed by atoms with E-state index in [0.29, 0.717) is 17.7 Å². The Labute approximate surface area is 148 Å². The molecule has 4 rings (SSSR count). The Morgan fingerprint density at radius 3 is 2.28 bits per heavy atom. The van der Waals surface area contributed by atoms with E-state index in [9.17, 15) is 4.79 Å². The number of hydrogen-bond donors (Lipinski definition) is 0. The van der Waals surface area contributed by atoms with Crippen molar-refractivity contribution in [3.63, 3.8) is 0 Å². The molecule has 0 amide bonds. The van der Waals surface area contributed by atoms with E-state index in [-0.39, 0.29) is 11.9 Å². The van der Waals surface area contributed by atoms with Crippen LogP contribution in [0.3, 0.4) is 0 Å². The first-order chi connectivity index (χ1) is 12.1. The van der Waals surface area contributed by atoms with Crippen molar-refractivity contribution in [2.75, 3.05) is 13.2 Å². The van der Waals surface area contributed by atoms with Gasteiger partial charge in [0.1, 0.15) is 5.60 Å². The van der Waals surface area contributed by atoms with E-state index in [4.69, 9.17) is 9.47 Å². The fraction of sp³-hybridized carbons (Fsp3) is 0.318. The van der Waals surface area contributed by atoms with Crippen molar-refractivity contribution in [2.24, 2.45) is 0 Å². The van der Waals surface area contributed by atoms with Crippen molar-refractivity contribution in [3.05, 3.63) is 82.9 Å². The summed E-state index contributed by atoms with van der Waals surface area (Å²) >= 11 is 0. The summed E-state index contributed by atoms with van der Waals surface area (Å²) in [6.07, 6.45) is 1.80. The minimum atomic E-state index is -0.767. The van der Waals surface area contributed by atoms with E-state index in [1.54, 1.807) is 0 Å². The van der Waals surface area contributed by atoms with Gasteiger partial charge in [-0.2, -0.15) is 0 Å². The highest BCUT2D eigenvalue weighted by molar-refractivity contribution is 6.13. The van der Waals surface area contributed by atoms with Crippen LogP contribution in [-0.2, 0) is 15.1 Å². The van der Waals surface area contributed by atoms with Crippen LogP contribution in [0, 0.1) is 0 Å². The minimum absolute atomic E-state index is 0.0544. The average Bonchev–Trinajstić information content (AvgIpc) is 3.17. The fourth-order valence-corrected chi connectivity index (χ4v) is 4.03. The molecule has 25 heavy (non-hydrogen) atoms. The molecule has 2 aromatic rings. The molecule has 1 aliphatic heterocycles. The molecule has 128 valence electrons. The molecule has 3 nitrogen and oxygen atoms in total. The van der Waals surface area contributed by atoms with Crippen molar-refractivity contribution in [1.82, 2.24) is 0 Å². The lowest BCUT2D eigenvalue weighted by Gasteiger charge is -2.43. The van der Waals surface area contributed by atoms with Crippen LogP contribution in [0.2, 0.25) is 0 Å². The minimum Gasteiger partial charge on any atom is -0.374 e. The molecule has 1 saturated heterocycles. The quantitative estimate of drug-likeness (QED) is 0.784. The van der Waals surface area contributed by atoms with Gasteiger partial charge in [-0.05, 0) is 19.8 Å². The molecule has 2 aliphatic rings. The summed E-state index contributed by atoms with van der Waals surface area (Å²) in [6, 6.07) is 15.5. The lowest BCUT2D eigenvalue weighted by molar-refractivity contribution is -0.104. The van der Waals surface area contributed by atoms with Crippen LogP contribution in [-0.4, -0.2) is 25.1 Å². The molecule has 1 unspecified atom stereocenters. The van der Waals surface area contributed by atoms with Crippen LogP contribution >= 0.6 is 0 Å². The number of ketones is 1. The SMILES string of the molecule is C=C(C)COC1(C2CCCO2)c2ccccc2C(=O)c2ccccc21. The predicted molar refractivity (Wildman–Crippen MR) is 96.8 cm³/mol. The maximum absolute atomic E-state index is 13.0. The first kappa shape index (κ1) is 16.2. The van der Waals surface area contributed by atoms with Gasteiger partial charge in [0.2, 0.25) is 0 Å². The Morgan fingerprint density at radius 2 is 1.76 bits per heavy atom. The van der Waals surface area contributed by atoms with Crippen LogP contribution in [0.5, 0.6) is 0 Å². The fourth-order valence-electron chi connectivity index (χ4n) is 4.03. The van der Waals surface area contributed by atoms with Crippen molar-refractivity contribution >= 4 is 5.78 Å². The largest absolute Gasteiger partial charge is 0.374 e. The first-order valence-electron chi connectivity index (χ1n) is 8.78. The molecule has 1 heterocycles. The number of rotatable bonds is 4. The van der Waals surface area contributed by atoms with Gasteiger partial charge in [-0.1, -0.05) is 60.7 Å². The highest BCUT2D eigenvalue weighted by Crippen LogP contribution is 2.48. The van der Waals surface area contributed by atoms with Crippen LogP contribution in [0.4, 0.5) is 0 Å². The Bertz CT molecular complexity index is 781. The van der Waals surface area contributed by atoms with Crippen molar-refractivity contribution in [3.8, 4) is 0 Å². The van der Waals surface area contributed by atoms with E-state index >= 15 is 0 Å². The molecule has 0 aromatic heterocycles. The number of hydrogen-bond acceptors (Lipinski definition) is 3. The molecule has 0 saturated carbocycles. The van der Waals surface area contributed by atoms with Gasteiger partial charge in [0.15, 0.2) is 5.78 Å². The van der Waals surface area contributed by atoms with E-state index in [0.717, 1.165) is 36.1 Å². The van der Waals surface area contributed by atoms with E-state index in [1.807, 2.05) is 55.5 Å². The van der Waals surface area contributed by atoms with Gasteiger partial charge in [-0.15, -0.1) is 0 Å². The summed E-state index contributed by atoms with van der Waals surface area (Å²) in [5.41, 5.74) is 3.41. The second-order valence-electron chi connectivity index (χ2n) is 6.90. The summed E-state index contributed by atoms with van der Waals surface area (Å²) < 4.78 is 12.7. The number of benzene rings is 2. The molecular weight excluding hydrogens is 312 g/mol. The zero-order chi connectivity index (χ0) is 17.4. The molecule has 0 spiro atoms. The van der Waals surface area contributed by atoms with Gasteiger partial charge in [0, 0.05) is 28.9 Å². The van der Waals surface area contributed by atoms with Gasteiger partial charge in [0.05, 0.1) is 12.7 Å². The molecule has 1 aliphatic carbocycles. The van der Waals surface area contributed by atoms with Crippen LogP contribution in [0.25, 0.3) is 0 Å². The zero-order valence-electron chi connectivity index (χ0n) is 14.5. The maximum atomic E-state index is 13.0. The molecule has 0 radical (unpaired) electrons. The normalized spacial score (nSPS) is 20.8. The molecule has 3 heteroatoms. The number of carbonyl (C=O) groups is 1. The third kappa shape index (κ3) is 2.46. The Hall–Kier alpha value is -2.23. The lowest BCUT2D eigenvalue weighted by Crippen LogP contribution is -2.47. The summed E-state index contributed by atoms with van der Waals surface area (Å²) in [7, 11) is 0. The molecule has 1 atom stereocenters. The highest BCUT2D eigenvalue weighted by atomic mass is 16.6. The van der Waals surface area contributed by atoms with Gasteiger partial charge in [-0.3, -0.25) is 4.79 Å². The maximum Gasteiger partial charge on any atom is 0.193 e. The number of fused-ring (bicyclic) bond motifs is 2.